The van der Waals surface area contributed by atoms with Crippen LogP contribution in [0.1, 0.15) is 16.8 Å². The quantitative estimate of drug-likeness (QED) is 0.764. The van der Waals surface area contributed by atoms with Crippen LogP contribution in [0.25, 0.3) is 0 Å². The summed E-state index contributed by atoms with van der Waals surface area (Å²) in [6.45, 7) is 1.03. The maximum Gasteiger partial charge on any atom is 0.251 e. The number of nitrogens with one attached hydrogen (secondary N) is 1. The highest BCUT2D eigenvalue weighted by atomic mass is 32.2. The van der Waals surface area contributed by atoms with Crippen LogP contribution in [-0.4, -0.2) is 46.0 Å². The third-order valence-corrected chi connectivity index (χ3v) is 5.13. The molecule has 0 radical (unpaired) electrons. The lowest BCUT2D eigenvalue weighted by molar-refractivity contribution is 0.0963. The van der Waals surface area contributed by atoms with E-state index in [4.69, 9.17) is 5.73 Å². The van der Waals surface area contributed by atoms with Gasteiger partial charge in [-0.3, -0.25) is 4.79 Å². The van der Waals surface area contributed by atoms with Crippen LogP contribution in [0, 0.1) is 0 Å². The summed E-state index contributed by atoms with van der Waals surface area (Å²) >= 11 is 0. The Hall–Kier alpha value is -1.76. The molecule has 1 amide bonds. The highest BCUT2D eigenvalue weighted by molar-refractivity contribution is 7.91. The van der Waals surface area contributed by atoms with Crippen molar-refractivity contribution in [2.75, 3.05) is 42.3 Å². The summed E-state index contributed by atoms with van der Waals surface area (Å²) in [5.41, 5.74) is 7.75. The standard InChI is InChI=1S/C13H19N3O3S/c1-15-13(17)10-3-4-11(14)12(9-10)16-5-2-7-20(18,19)8-6-16/h3-4,9H,2,5-8,14H2,1H3,(H,15,17). The number of carbonyl (C=O) groups excluding carboxylic acids is 1. The monoisotopic (exact) mass is 297 g/mol. The SMILES string of the molecule is CNC(=O)c1ccc(N)c(N2CCCS(=O)(=O)CC2)c1. The zero-order valence-electron chi connectivity index (χ0n) is 11.4. The molecule has 6 nitrogen and oxygen atoms in total. The third kappa shape index (κ3) is 3.22. The number of hydrogen-bond donors (Lipinski definition) is 2. The number of hydrogen-bond acceptors (Lipinski definition) is 5. The van der Waals surface area contributed by atoms with E-state index in [1.165, 1.54) is 0 Å². The number of nitrogens with two attached hydrogens (primary N) is 1. The van der Waals surface area contributed by atoms with Crippen LogP contribution in [0.5, 0.6) is 0 Å². The molecule has 1 aromatic carbocycles. The Bertz CT molecular complexity index is 613. The minimum Gasteiger partial charge on any atom is -0.397 e. The number of nitrogens with zero attached hydrogens (tertiary/aromatic N) is 1. The van der Waals surface area contributed by atoms with Gasteiger partial charge in [-0.25, -0.2) is 8.42 Å². The van der Waals surface area contributed by atoms with Gasteiger partial charge in [0.25, 0.3) is 5.91 Å². The number of sulfone groups is 1. The van der Waals surface area contributed by atoms with Crippen LogP contribution in [0.2, 0.25) is 0 Å². The minimum absolute atomic E-state index is 0.122. The van der Waals surface area contributed by atoms with E-state index in [1.807, 2.05) is 4.90 Å². The Morgan fingerprint density at radius 3 is 2.75 bits per heavy atom. The van der Waals surface area contributed by atoms with Gasteiger partial charge in [0.15, 0.2) is 9.84 Å². The number of amides is 1. The van der Waals surface area contributed by atoms with Crippen LogP contribution in [-0.2, 0) is 9.84 Å². The molecule has 1 heterocycles. The number of anilines is 2. The van der Waals surface area contributed by atoms with Crippen molar-refractivity contribution in [3.8, 4) is 0 Å². The van der Waals surface area contributed by atoms with Crippen LogP contribution in [0.15, 0.2) is 18.2 Å². The summed E-state index contributed by atoms with van der Waals surface area (Å²) in [5, 5.41) is 2.56. The molecule has 7 heteroatoms. The Morgan fingerprint density at radius 2 is 2.05 bits per heavy atom. The zero-order valence-corrected chi connectivity index (χ0v) is 12.2. The first kappa shape index (κ1) is 14.6. The Balaban J connectivity index is 2.29. The lowest BCUT2D eigenvalue weighted by Crippen LogP contribution is -2.28. The van der Waals surface area contributed by atoms with Crippen molar-refractivity contribution in [1.82, 2.24) is 5.32 Å². The summed E-state index contributed by atoms with van der Waals surface area (Å²) in [5.74, 6) is 0.142. The fourth-order valence-corrected chi connectivity index (χ4v) is 3.55. The molecule has 0 aliphatic carbocycles. The molecule has 3 N–H and O–H groups in total. The van der Waals surface area contributed by atoms with Gasteiger partial charge >= 0.3 is 0 Å². The van der Waals surface area contributed by atoms with E-state index in [1.54, 1.807) is 25.2 Å². The molecule has 1 saturated heterocycles. The second-order valence-corrected chi connectivity index (χ2v) is 7.15. The van der Waals surface area contributed by atoms with Gasteiger partial charge in [0.2, 0.25) is 0 Å². The first-order valence-corrected chi connectivity index (χ1v) is 8.32. The van der Waals surface area contributed by atoms with Gasteiger partial charge in [0.05, 0.1) is 22.9 Å². The largest absolute Gasteiger partial charge is 0.397 e. The number of nitrogen functional groups attached to an aromatic ring is 1. The number of carbonyl (C=O) groups is 1. The summed E-state index contributed by atoms with van der Waals surface area (Å²) in [6.07, 6.45) is 0.575. The molecule has 2 rings (SSSR count). The van der Waals surface area contributed by atoms with Gasteiger partial charge in [-0.1, -0.05) is 0 Å². The lowest BCUT2D eigenvalue weighted by atomic mass is 10.1. The van der Waals surface area contributed by atoms with E-state index in [2.05, 4.69) is 5.32 Å². The molecular weight excluding hydrogens is 278 g/mol. The fourth-order valence-electron chi connectivity index (χ4n) is 2.28. The van der Waals surface area contributed by atoms with Crippen molar-refractivity contribution in [2.45, 2.75) is 6.42 Å². The second-order valence-electron chi connectivity index (χ2n) is 4.85. The predicted molar refractivity (Wildman–Crippen MR) is 79.7 cm³/mol. The van der Waals surface area contributed by atoms with Gasteiger partial charge < -0.3 is 16.0 Å². The summed E-state index contributed by atoms with van der Waals surface area (Å²) in [4.78, 5) is 13.6. The second kappa shape index (κ2) is 5.70. The highest BCUT2D eigenvalue weighted by Crippen LogP contribution is 2.26. The summed E-state index contributed by atoms with van der Waals surface area (Å²) in [6, 6.07) is 5.05. The maximum atomic E-state index is 11.7. The molecule has 1 aromatic rings. The molecular formula is C13H19N3O3S. The lowest BCUT2D eigenvalue weighted by Gasteiger charge is -2.24. The van der Waals surface area contributed by atoms with Crippen molar-refractivity contribution in [2.24, 2.45) is 0 Å². The summed E-state index contributed by atoms with van der Waals surface area (Å²) in [7, 11) is -1.40. The molecule has 0 atom stereocenters. The number of benzene rings is 1. The van der Waals surface area contributed by atoms with Gasteiger partial charge in [0.1, 0.15) is 0 Å². The van der Waals surface area contributed by atoms with Crippen LogP contribution >= 0.6 is 0 Å². The first-order valence-electron chi connectivity index (χ1n) is 6.50. The average Bonchev–Trinajstić information content (AvgIpc) is 2.59. The normalized spacial score (nSPS) is 18.4. The van der Waals surface area contributed by atoms with Crippen molar-refractivity contribution in [1.29, 1.82) is 0 Å². The van der Waals surface area contributed by atoms with E-state index < -0.39 is 9.84 Å². The van der Waals surface area contributed by atoms with E-state index >= 15 is 0 Å². The highest BCUT2D eigenvalue weighted by Gasteiger charge is 2.21. The van der Waals surface area contributed by atoms with E-state index in [0.29, 0.717) is 30.8 Å². The molecule has 0 spiro atoms. The van der Waals surface area contributed by atoms with E-state index in [0.717, 1.165) is 5.69 Å². The van der Waals surface area contributed by atoms with Gasteiger partial charge in [-0.2, -0.15) is 0 Å². The molecule has 0 unspecified atom stereocenters. The van der Waals surface area contributed by atoms with Crippen molar-refractivity contribution in [3.05, 3.63) is 23.8 Å². The van der Waals surface area contributed by atoms with Crippen LogP contribution < -0.4 is 16.0 Å². The van der Waals surface area contributed by atoms with Gasteiger partial charge in [-0.15, -0.1) is 0 Å². The van der Waals surface area contributed by atoms with Crippen LogP contribution in [0.4, 0.5) is 11.4 Å². The smallest absolute Gasteiger partial charge is 0.251 e. The average molecular weight is 297 g/mol. The molecule has 1 aliphatic heterocycles. The zero-order chi connectivity index (χ0) is 14.8. The van der Waals surface area contributed by atoms with Gasteiger partial charge in [-0.05, 0) is 24.6 Å². The van der Waals surface area contributed by atoms with E-state index in [-0.39, 0.29) is 17.4 Å². The van der Waals surface area contributed by atoms with Gasteiger partial charge in [0, 0.05) is 25.7 Å². The fraction of sp³-hybridized carbons (Fsp3) is 0.462. The Kier molecular flexibility index (Phi) is 4.17. The Morgan fingerprint density at radius 1 is 1.30 bits per heavy atom. The van der Waals surface area contributed by atoms with Crippen molar-refractivity contribution >= 4 is 27.1 Å². The number of rotatable bonds is 2. The molecule has 1 fully saturated rings. The molecule has 1 aliphatic rings. The third-order valence-electron chi connectivity index (χ3n) is 3.42. The molecule has 0 aromatic heterocycles. The van der Waals surface area contributed by atoms with Crippen molar-refractivity contribution < 1.29 is 13.2 Å². The van der Waals surface area contributed by atoms with Crippen molar-refractivity contribution in [3.63, 3.8) is 0 Å². The minimum atomic E-state index is -2.97. The van der Waals surface area contributed by atoms with E-state index in [9.17, 15) is 13.2 Å². The topological polar surface area (TPSA) is 92.5 Å². The maximum absolute atomic E-state index is 11.7. The Labute approximate surface area is 118 Å². The first-order chi connectivity index (χ1) is 9.43. The molecule has 110 valence electrons. The summed E-state index contributed by atoms with van der Waals surface area (Å²) < 4.78 is 23.3. The molecule has 20 heavy (non-hydrogen) atoms. The molecule has 0 saturated carbocycles. The molecule has 0 bridgehead atoms. The predicted octanol–water partition coefficient (Wildman–Crippen LogP) is 0.253. The van der Waals surface area contributed by atoms with Crippen LogP contribution in [0.3, 0.4) is 0 Å².